The molecule has 1 aromatic carbocycles. The van der Waals surface area contributed by atoms with Crippen molar-refractivity contribution in [2.75, 3.05) is 11.4 Å². The molecule has 0 bridgehead atoms. The number of rotatable bonds is 1. The van der Waals surface area contributed by atoms with Crippen LogP contribution in [0.15, 0.2) is 34.5 Å². The highest BCUT2D eigenvalue weighted by atomic mass is 19.1. The molecule has 0 radical (unpaired) electrons. The van der Waals surface area contributed by atoms with E-state index in [1.54, 1.807) is 13.0 Å². The van der Waals surface area contributed by atoms with Crippen LogP contribution in [0.3, 0.4) is 0 Å². The zero-order valence-electron chi connectivity index (χ0n) is 9.63. The lowest BCUT2D eigenvalue weighted by Crippen LogP contribution is -2.37. The van der Waals surface area contributed by atoms with E-state index in [-0.39, 0.29) is 12.2 Å². The molecule has 5 nitrogen and oxygen atoms in total. The van der Waals surface area contributed by atoms with Gasteiger partial charge in [0.2, 0.25) is 5.91 Å². The summed E-state index contributed by atoms with van der Waals surface area (Å²) in [6.07, 6.45) is 0. The number of carbonyl (C=O) groups excluding carboxylic acids is 2. The highest BCUT2D eigenvalue weighted by Gasteiger charge is 2.60. The van der Waals surface area contributed by atoms with Gasteiger partial charge in [0.05, 0.1) is 18.2 Å². The Morgan fingerprint density at radius 3 is 2.78 bits per heavy atom. The molecule has 2 aliphatic heterocycles. The number of anilines is 1. The molecule has 0 aromatic heterocycles. The molecular formula is C12H10FN3O2. The fourth-order valence-corrected chi connectivity index (χ4v) is 2.37. The van der Waals surface area contributed by atoms with Gasteiger partial charge in [0.15, 0.2) is 5.54 Å². The number of halogens is 1. The number of nitrogens with zero attached hydrogens (tertiary/aromatic N) is 3. The second kappa shape index (κ2) is 3.44. The Morgan fingerprint density at radius 1 is 1.39 bits per heavy atom. The highest BCUT2D eigenvalue weighted by molar-refractivity contribution is 6.25. The molecule has 92 valence electrons. The molecule has 6 heteroatoms. The van der Waals surface area contributed by atoms with Crippen LogP contribution in [0, 0.1) is 11.7 Å². The summed E-state index contributed by atoms with van der Waals surface area (Å²) in [5, 5.41) is 7.61. The van der Waals surface area contributed by atoms with Crippen molar-refractivity contribution in [3.05, 3.63) is 30.1 Å². The Kier molecular flexibility index (Phi) is 2.10. The average molecular weight is 247 g/mol. The van der Waals surface area contributed by atoms with Crippen molar-refractivity contribution >= 4 is 17.5 Å². The van der Waals surface area contributed by atoms with E-state index in [0.29, 0.717) is 0 Å². The van der Waals surface area contributed by atoms with E-state index in [0.717, 1.165) is 4.90 Å². The Labute approximate surface area is 102 Å². The first-order chi connectivity index (χ1) is 8.55. The first-order valence-corrected chi connectivity index (χ1v) is 5.57. The van der Waals surface area contributed by atoms with Crippen molar-refractivity contribution in [1.29, 1.82) is 0 Å². The maximum atomic E-state index is 13.7. The van der Waals surface area contributed by atoms with Gasteiger partial charge < -0.3 is 0 Å². The molecule has 3 rings (SSSR count). The molecule has 0 saturated carbocycles. The smallest absolute Gasteiger partial charge is 0.264 e. The SMILES string of the molecule is C[C@]12N=NC[C@H]1C(=O)N(c1ccccc1F)C2=O. The van der Waals surface area contributed by atoms with E-state index in [2.05, 4.69) is 10.2 Å². The molecule has 2 aliphatic rings. The lowest BCUT2D eigenvalue weighted by atomic mass is 9.90. The van der Waals surface area contributed by atoms with Crippen LogP contribution in [0.25, 0.3) is 0 Å². The Morgan fingerprint density at radius 2 is 2.11 bits per heavy atom. The molecule has 2 amide bonds. The van der Waals surface area contributed by atoms with E-state index in [9.17, 15) is 14.0 Å². The largest absolute Gasteiger partial charge is 0.274 e. The molecule has 18 heavy (non-hydrogen) atoms. The monoisotopic (exact) mass is 247 g/mol. The number of imide groups is 1. The number of benzene rings is 1. The first-order valence-electron chi connectivity index (χ1n) is 5.57. The number of para-hydroxylation sites is 1. The van der Waals surface area contributed by atoms with Crippen LogP contribution in [-0.2, 0) is 9.59 Å². The fraction of sp³-hybridized carbons (Fsp3) is 0.333. The second-order valence-corrected chi connectivity index (χ2v) is 4.55. The summed E-state index contributed by atoms with van der Waals surface area (Å²) >= 11 is 0. The highest BCUT2D eigenvalue weighted by Crippen LogP contribution is 2.40. The van der Waals surface area contributed by atoms with Gasteiger partial charge in [-0.1, -0.05) is 12.1 Å². The van der Waals surface area contributed by atoms with Gasteiger partial charge in [-0.25, -0.2) is 9.29 Å². The van der Waals surface area contributed by atoms with Crippen LogP contribution in [0.1, 0.15) is 6.92 Å². The minimum Gasteiger partial charge on any atom is -0.274 e. The molecule has 0 unspecified atom stereocenters. The molecule has 0 N–H and O–H groups in total. The summed E-state index contributed by atoms with van der Waals surface area (Å²) in [4.78, 5) is 25.3. The summed E-state index contributed by atoms with van der Waals surface area (Å²) in [7, 11) is 0. The van der Waals surface area contributed by atoms with Gasteiger partial charge in [0.1, 0.15) is 5.82 Å². The quantitative estimate of drug-likeness (QED) is 0.706. The van der Waals surface area contributed by atoms with Crippen molar-refractivity contribution in [3.63, 3.8) is 0 Å². The zero-order valence-corrected chi connectivity index (χ0v) is 9.63. The number of fused-ring (bicyclic) bond motifs is 1. The van der Waals surface area contributed by atoms with Gasteiger partial charge in [-0.3, -0.25) is 9.59 Å². The Hall–Kier alpha value is -2.11. The molecule has 1 saturated heterocycles. The van der Waals surface area contributed by atoms with Crippen molar-refractivity contribution in [1.82, 2.24) is 0 Å². The fourth-order valence-electron chi connectivity index (χ4n) is 2.37. The molecular weight excluding hydrogens is 237 g/mol. The number of carbonyl (C=O) groups is 2. The summed E-state index contributed by atoms with van der Waals surface area (Å²) in [5.74, 6) is -2.15. The van der Waals surface area contributed by atoms with Crippen LogP contribution >= 0.6 is 0 Å². The lowest BCUT2D eigenvalue weighted by Gasteiger charge is -2.17. The van der Waals surface area contributed by atoms with Gasteiger partial charge in [-0.2, -0.15) is 10.2 Å². The third-order valence-electron chi connectivity index (χ3n) is 3.47. The topological polar surface area (TPSA) is 62.1 Å². The molecule has 0 spiro atoms. The summed E-state index contributed by atoms with van der Waals surface area (Å²) < 4.78 is 13.7. The van der Waals surface area contributed by atoms with Crippen molar-refractivity contribution < 1.29 is 14.0 Å². The van der Waals surface area contributed by atoms with E-state index < -0.39 is 29.1 Å². The third kappa shape index (κ3) is 1.20. The standard InChI is InChI=1S/C12H10FN3O2/c1-12-7(6-14-15-12)10(17)16(11(12)18)9-5-3-2-4-8(9)13/h2-5,7H,6H2,1H3/t7-,12-/m0/s1. The molecule has 0 aliphatic carbocycles. The molecule has 2 atom stereocenters. The van der Waals surface area contributed by atoms with E-state index in [1.807, 2.05) is 0 Å². The zero-order chi connectivity index (χ0) is 12.9. The summed E-state index contributed by atoms with van der Waals surface area (Å²) in [6, 6.07) is 5.71. The number of hydrogen-bond acceptors (Lipinski definition) is 4. The Balaban J connectivity index is 2.11. The van der Waals surface area contributed by atoms with Crippen LogP contribution in [0.5, 0.6) is 0 Å². The third-order valence-corrected chi connectivity index (χ3v) is 3.47. The van der Waals surface area contributed by atoms with Gasteiger partial charge in [0.25, 0.3) is 5.91 Å². The molecule has 1 aromatic rings. The number of hydrogen-bond donors (Lipinski definition) is 0. The number of azo groups is 1. The predicted molar refractivity (Wildman–Crippen MR) is 60.5 cm³/mol. The first kappa shape index (κ1) is 11.0. The average Bonchev–Trinajstić information content (AvgIpc) is 2.81. The van der Waals surface area contributed by atoms with Crippen molar-refractivity contribution in [2.45, 2.75) is 12.5 Å². The van der Waals surface area contributed by atoms with Crippen LogP contribution in [0.2, 0.25) is 0 Å². The lowest BCUT2D eigenvalue weighted by molar-refractivity contribution is -0.122. The van der Waals surface area contributed by atoms with Crippen molar-refractivity contribution in [3.8, 4) is 0 Å². The maximum absolute atomic E-state index is 13.7. The predicted octanol–water partition coefficient (Wildman–Crippen LogP) is 1.54. The minimum absolute atomic E-state index is 0.0154. The van der Waals surface area contributed by atoms with E-state index >= 15 is 0 Å². The van der Waals surface area contributed by atoms with Gasteiger partial charge in [0, 0.05) is 0 Å². The van der Waals surface area contributed by atoms with Gasteiger partial charge >= 0.3 is 0 Å². The van der Waals surface area contributed by atoms with Crippen LogP contribution < -0.4 is 4.90 Å². The maximum Gasteiger partial charge on any atom is 0.264 e. The molecule has 1 fully saturated rings. The van der Waals surface area contributed by atoms with Gasteiger partial charge in [-0.05, 0) is 19.1 Å². The van der Waals surface area contributed by atoms with Crippen LogP contribution in [-0.4, -0.2) is 23.9 Å². The van der Waals surface area contributed by atoms with E-state index in [4.69, 9.17) is 0 Å². The Bertz CT molecular complexity index is 586. The normalized spacial score (nSPS) is 30.1. The summed E-state index contributed by atoms with van der Waals surface area (Å²) in [6.45, 7) is 1.75. The summed E-state index contributed by atoms with van der Waals surface area (Å²) in [5.41, 5.74) is -1.18. The van der Waals surface area contributed by atoms with Gasteiger partial charge in [-0.15, -0.1) is 0 Å². The van der Waals surface area contributed by atoms with E-state index in [1.165, 1.54) is 18.2 Å². The second-order valence-electron chi connectivity index (χ2n) is 4.55. The van der Waals surface area contributed by atoms with Crippen molar-refractivity contribution in [2.24, 2.45) is 16.1 Å². The molecule has 2 heterocycles. The van der Waals surface area contributed by atoms with Crippen LogP contribution in [0.4, 0.5) is 10.1 Å². The minimum atomic E-state index is -1.17. The number of amides is 2.